The fourth-order valence-electron chi connectivity index (χ4n) is 3.85. The zero-order chi connectivity index (χ0) is 24.5. The van der Waals surface area contributed by atoms with E-state index in [-0.39, 0.29) is 17.7 Å². The van der Waals surface area contributed by atoms with Crippen LogP contribution in [0, 0.1) is 5.92 Å². The number of ether oxygens (including phenoxy) is 3. The second-order valence-electron chi connectivity index (χ2n) is 8.26. The molecule has 34 heavy (non-hydrogen) atoms. The second kappa shape index (κ2) is 12.5. The highest BCUT2D eigenvalue weighted by Gasteiger charge is 2.29. The van der Waals surface area contributed by atoms with E-state index in [1.807, 2.05) is 32.0 Å². The molecule has 0 aromatic heterocycles. The van der Waals surface area contributed by atoms with Crippen molar-refractivity contribution in [3.8, 4) is 17.2 Å². The van der Waals surface area contributed by atoms with Crippen LogP contribution in [0.1, 0.15) is 49.9 Å². The summed E-state index contributed by atoms with van der Waals surface area (Å²) in [6.07, 6.45) is 2.94. The Morgan fingerprint density at radius 3 is 2.26 bits per heavy atom. The van der Waals surface area contributed by atoms with Crippen molar-refractivity contribution >= 4 is 29.1 Å². The fraction of sp³-hybridized carbons (Fsp3) is 0.462. The summed E-state index contributed by atoms with van der Waals surface area (Å²) in [7, 11) is 1.53. The summed E-state index contributed by atoms with van der Waals surface area (Å²) in [6.45, 7) is 6.24. The van der Waals surface area contributed by atoms with E-state index in [4.69, 9.17) is 25.8 Å². The first-order valence-corrected chi connectivity index (χ1v) is 12.2. The SMILES string of the molecule is CCCOc1ccc(NC(=O)C2CCN(C(=O)c3cc(Cl)ccc3OC)CC2)cc1OCCC. The highest BCUT2D eigenvalue weighted by Crippen LogP contribution is 2.32. The van der Waals surface area contributed by atoms with Crippen LogP contribution in [0.25, 0.3) is 0 Å². The molecule has 1 N–H and O–H groups in total. The summed E-state index contributed by atoms with van der Waals surface area (Å²) in [4.78, 5) is 27.7. The zero-order valence-corrected chi connectivity index (χ0v) is 20.8. The maximum absolute atomic E-state index is 13.0. The molecule has 0 unspecified atom stereocenters. The Bertz CT molecular complexity index is 989. The van der Waals surface area contributed by atoms with E-state index in [2.05, 4.69) is 5.32 Å². The van der Waals surface area contributed by atoms with Gasteiger partial charge in [0.2, 0.25) is 5.91 Å². The lowest BCUT2D eigenvalue weighted by Crippen LogP contribution is -2.41. The molecule has 184 valence electrons. The van der Waals surface area contributed by atoms with Gasteiger partial charge in [0.25, 0.3) is 5.91 Å². The Morgan fingerprint density at radius 2 is 1.62 bits per heavy atom. The van der Waals surface area contributed by atoms with Gasteiger partial charge in [-0.1, -0.05) is 25.4 Å². The summed E-state index contributed by atoms with van der Waals surface area (Å²) in [5, 5.41) is 3.48. The highest BCUT2D eigenvalue weighted by molar-refractivity contribution is 6.31. The number of nitrogens with one attached hydrogen (secondary N) is 1. The molecule has 1 aliphatic heterocycles. The zero-order valence-electron chi connectivity index (χ0n) is 20.1. The molecule has 1 fully saturated rings. The third kappa shape index (κ3) is 6.56. The van der Waals surface area contributed by atoms with Crippen molar-refractivity contribution < 1.29 is 23.8 Å². The Morgan fingerprint density at radius 1 is 0.971 bits per heavy atom. The molecule has 2 amide bonds. The van der Waals surface area contributed by atoms with Gasteiger partial charge < -0.3 is 24.4 Å². The normalized spacial score (nSPS) is 13.9. The first-order valence-electron chi connectivity index (χ1n) is 11.8. The lowest BCUT2D eigenvalue weighted by Gasteiger charge is -2.31. The number of amides is 2. The molecule has 0 saturated carbocycles. The molecule has 0 atom stereocenters. The summed E-state index contributed by atoms with van der Waals surface area (Å²) in [5.41, 5.74) is 1.10. The number of methoxy groups -OCH3 is 1. The van der Waals surface area contributed by atoms with Gasteiger partial charge in [-0.15, -0.1) is 0 Å². The van der Waals surface area contributed by atoms with Crippen LogP contribution in [0.15, 0.2) is 36.4 Å². The number of piperidine rings is 1. The number of anilines is 1. The molecular formula is C26H33ClN2O5. The van der Waals surface area contributed by atoms with Gasteiger partial charge in [0.15, 0.2) is 11.5 Å². The number of carbonyl (C=O) groups excluding carboxylic acids is 2. The van der Waals surface area contributed by atoms with Gasteiger partial charge in [0, 0.05) is 35.8 Å². The molecule has 3 rings (SSSR count). The maximum atomic E-state index is 13.0. The van der Waals surface area contributed by atoms with Crippen molar-refractivity contribution in [2.24, 2.45) is 5.92 Å². The van der Waals surface area contributed by atoms with Gasteiger partial charge in [-0.05, 0) is 56.0 Å². The fourth-order valence-corrected chi connectivity index (χ4v) is 4.02. The molecule has 2 aromatic carbocycles. The number of likely N-dealkylation sites (tertiary alicyclic amines) is 1. The molecule has 0 spiro atoms. The molecule has 2 aromatic rings. The van der Waals surface area contributed by atoms with Crippen LogP contribution >= 0.6 is 11.6 Å². The summed E-state index contributed by atoms with van der Waals surface area (Å²) in [5.74, 6) is 1.42. The monoisotopic (exact) mass is 488 g/mol. The average Bonchev–Trinajstić information content (AvgIpc) is 2.86. The van der Waals surface area contributed by atoms with Gasteiger partial charge >= 0.3 is 0 Å². The minimum absolute atomic E-state index is 0.0592. The highest BCUT2D eigenvalue weighted by atomic mass is 35.5. The first-order chi connectivity index (χ1) is 16.5. The topological polar surface area (TPSA) is 77.1 Å². The summed E-state index contributed by atoms with van der Waals surface area (Å²) < 4.78 is 16.9. The predicted molar refractivity (Wildman–Crippen MR) is 133 cm³/mol. The van der Waals surface area contributed by atoms with Crippen molar-refractivity contribution in [1.82, 2.24) is 4.90 Å². The number of benzene rings is 2. The Labute approximate surface area is 206 Å². The van der Waals surface area contributed by atoms with Crippen molar-refractivity contribution in [2.45, 2.75) is 39.5 Å². The van der Waals surface area contributed by atoms with E-state index in [1.165, 1.54) is 7.11 Å². The third-order valence-electron chi connectivity index (χ3n) is 5.68. The van der Waals surface area contributed by atoms with Crippen LogP contribution in [0.5, 0.6) is 17.2 Å². The molecule has 0 bridgehead atoms. The first kappa shape index (κ1) is 25.7. The summed E-state index contributed by atoms with van der Waals surface area (Å²) in [6, 6.07) is 10.5. The van der Waals surface area contributed by atoms with E-state index >= 15 is 0 Å². The van der Waals surface area contributed by atoms with Crippen molar-refractivity contribution in [2.75, 3.05) is 38.7 Å². The molecular weight excluding hydrogens is 456 g/mol. The molecule has 0 aliphatic carbocycles. The number of hydrogen-bond donors (Lipinski definition) is 1. The Hall–Kier alpha value is -2.93. The Balaban J connectivity index is 1.60. The number of carbonyl (C=O) groups is 2. The number of hydrogen-bond acceptors (Lipinski definition) is 5. The van der Waals surface area contributed by atoms with Crippen molar-refractivity contribution in [1.29, 1.82) is 0 Å². The van der Waals surface area contributed by atoms with E-state index in [9.17, 15) is 9.59 Å². The lowest BCUT2D eigenvalue weighted by molar-refractivity contribution is -0.121. The van der Waals surface area contributed by atoms with Crippen LogP contribution in [0.3, 0.4) is 0 Å². The van der Waals surface area contributed by atoms with Crippen LogP contribution in [-0.4, -0.2) is 50.1 Å². The minimum Gasteiger partial charge on any atom is -0.496 e. The van der Waals surface area contributed by atoms with E-state index < -0.39 is 0 Å². The number of rotatable bonds is 10. The van der Waals surface area contributed by atoms with Crippen molar-refractivity contribution in [3.63, 3.8) is 0 Å². The second-order valence-corrected chi connectivity index (χ2v) is 8.70. The van der Waals surface area contributed by atoms with Gasteiger partial charge in [0.05, 0.1) is 25.9 Å². The van der Waals surface area contributed by atoms with Crippen LogP contribution in [0.2, 0.25) is 5.02 Å². The van der Waals surface area contributed by atoms with Crippen molar-refractivity contribution in [3.05, 3.63) is 47.0 Å². The predicted octanol–water partition coefficient (Wildman–Crippen LogP) is 5.42. The van der Waals surface area contributed by atoms with Gasteiger partial charge in [-0.2, -0.15) is 0 Å². The largest absolute Gasteiger partial charge is 0.496 e. The quantitative estimate of drug-likeness (QED) is 0.483. The molecule has 1 heterocycles. The van der Waals surface area contributed by atoms with E-state index in [0.29, 0.717) is 72.7 Å². The Kier molecular flexibility index (Phi) is 9.45. The molecule has 1 aliphatic rings. The molecule has 8 heteroatoms. The van der Waals surface area contributed by atoms with E-state index in [0.717, 1.165) is 12.8 Å². The average molecular weight is 489 g/mol. The van der Waals surface area contributed by atoms with E-state index in [1.54, 1.807) is 23.1 Å². The van der Waals surface area contributed by atoms with Crippen LogP contribution in [-0.2, 0) is 4.79 Å². The molecule has 0 radical (unpaired) electrons. The van der Waals surface area contributed by atoms with Gasteiger partial charge in [0.1, 0.15) is 5.75 Å². The third-order valence-corrected chi connectivity index (χ3v) is 5.91. The summed E-state index contributed by atoms with van der Waals surface area (Å²) >= 11 is 6.08. The molecule has 1 saturated heterocycles. The standard InChI is InChI=1S/C26H33ClN2O5/c1-4-14-33-23-9-7-20(17-24(23)34-15-5-2)28-25(30)18-10-12-29(13-11-18)26(31)21-16-19(27)6-8-22(21)32-3/h6-9,16-18H,4-5,10-15H2,1-3H3,(H,28,30). The number of nitrogens with zero attached hydrogens (tertiary/aromatic N) is 1. The minimum atomic E-state index is -0.179. The maximum Gasteiger partial charge on any atom is 0.257 e. The van der Waals surface area contributed by atoms with Gasteiger partial charge in [-0.3, -0.25) is 9.59 Å². The van der Waals surface area contributed by atoms with Gasteiger partial charge in [-0.25, -0.2) is 0 Å². The van der Waals surface area contributed by atoms with Crippen LogP contribution < -0.4 is 19.5 Å². The van der Waals surface area contributed by atoms with Crippen LogP contribution in [0.4, 0.5) is 5.69 Å². The molecule has 7 nitrogen and oxygen atoms in total. The smallest absolute Gasteiger partial charge is 0.257 e. The lowest BCUT2D eigenvalue weighted by atomic mass is 9.95. The number of halogens is 1.